The van der Waals surface area contributed by atoms with E-state index < -0.39 is 0 Å². The zero-order chi connectivity index (χ0) is 18.8. The van der Waals surface area contributed by atoms with Crippen LogP contribution >= 0.6 is 0 Å². The lowest BCUT2D eigenvalue weighted by molar-refractivity contribution is -0.111. The van der Waals surface area contributed by atoms with Gasteiger partial charge in [-0.1, -0.05) is 18.2 Å². The number of amides is 1. The van der Waals surface area contributed by atoms with E-state index in [-0.39, 0.29) is 5.91 Å². The highest BCUT2D eigenvalue weighted by Crippen LogP contribution is 2.19. The highest BCUT2D eigenvalue weighted by Gasteiger charge is 2.15. The fourth-order valence-corrected chi connectivity index (χ4v) is 3.34. The summed E-state index contributed by atoms with van der Waals surface area (Å²) >= 11 is 0. The molecule has 2 N–H and O–H groups in total. The van der Waals surface area contributed by atoms with Crippen LogP contribution in [-0.2, 0) is 17.9 Å². The van der Waals surface area contributed by atoms with Crippen molar-refractivity contribution in [1.29, 1.82) is 0 Å². The summed E-state index contributed by atoms with van der Waals surface area (Å²) in [5.74, 6) is 1.49. The zero-order valence-electron chi connectivity index (χ0n) is 15.4. The van der Waals surface area contributed by atoms with E-state index in [0.717, 1.165) is 53.9 Å². The van der Waals surface area contributed by atoms with Crippen molar-refractivity contribution in [1.82, 2.24) is 24.6 Å². The topological polar surface area (TPSA) is 76.8 Å². The molecule has 0 saturated heterocycles. The molecule has 0 radical (unpaired) electrons. The maximum Gasteiger partial charge on any atom is 0.249 e. The molecule has 0 spiro atoms. The molecule has 0 bridgehead atoms. The largest absolute Gasteiger partial charge is 0.312 e. The van der Waals surface area contributed by atoms with Gasteiger partial charge in [0.25, 0.3) is 0 Å². The first-order valence-corrected chi connectivity index (χ1v) is 8.99. The van der Waals surface area contributed by atoms with Crippen LogP contribution in [0.3, 0.4) is 0 Å². The van der Waals surface area contributed by atoms with Gasteiger partial charge in [0, 0.05) is 30.4 Å². The van der Waals surface area contributed by atoms with Crippen molar-refractivity contribution in [2.45, 2.75) is 26.9 Å². The number of fused-ring (bicyclic) bond motifs is 1. The Labute approximate surface area is 157 Å². The highest BCUT2D eigenvalue weighted by atomic mass is 16.1. The molecule has 1 amide bonds. The molecule has 1 aromatic carbocycles. The molecular weight excluding hydrogens is 340 g/mol. The minimum Gasteiger partial charge on any atom is -0.312 e. The number of nitrogens with one attached hydrogen (secondary N) is 2. The maximum absolute atomic E-state index is 12.4. The Morgan fingerprint density at radius 2 is 2.07 bits per heavy atom. The van der Waals surface area contributed by atoms with Crippen molar-refractivity contribution in [3.05, 3.63) is 65.4 Å². The summed E-state index contributed by atoms with van der Waals surface area (Å²) in [5, 5.41) is 10.8. The summed E-state index contributed by atoms with van der Waals surface area (Å²) in [4.78, 5) is 16.7. The highest BCUT2D eigenvalue weighted by molar-refractivity contribution is 6.01. The van der Waals surface area contributed by atoms with Crippen LogP contribution in [-0.4, -0.2) is 31.8 Å². The first-order valence-electron chi connectivity index (χ1n) is 8.99. The Morgan fingerprint density at radius 1 is 1.26 bits per heavy atom. The Kier molecular flexibility index (Phi) is 4.60. The van der Waals surface area contributed by atoms with E-state index in [9.17, 15) is 4.79 Å². The number of carbonyl (C=O) groups excluding carboxylic acids is 1. The van der Waals surface area contributed by atoms with Crippen molar-refractivity contribution in [3.63, 3.8) is 0 Å². The normalized spacial score (nSPS) is 13.7. The van der Waals surface area contributed by atoms with Crippen LogP contribution in [0.2, 0.25) is 0 Å². The van der Waals surface area contributed by atoms with E-state index in [2.05, 4.69) is 20.7 Å². The van der Waals surface area contributed by atoms with Gasteiger partial charge in [0.1, 0.15) is 11.6 Å². The molecule has 3 heterocycles. The smallest absolute Gasteiger partial charge is 0.249 e. The SMILES string of the molecule is Cc1nn(-c2ccccc2)c(C)c1/C=C/C(=O)Nc1cnc2n1CCNC2. The molecule has 27 heavy (non-hydrogen) atoms. The number of anilines is 1. The van der Waals surface area contributed by atoms with E-state index >= 15 is 0 Å². The number of aryl methyl sites for hydroxylation is 1. The molecule has 0 fully saturated rings. The molecule has 0 saturated carbocycles. The lowest BCUT2D eigenvalue weighted by Crippen LogP contribution is -2.29. The van der Waals surface area contributed by atoms with E-state index in [1.807, 2.05) is 59.5 Å². The van der Waals surface area contributed by atoms with E-state index in [1.54, 1.807) is 12.3 Å². The summed E-state index contributed by atoms with van der Waals surface area (Å²) in [5.41, 5.74) is 3.83. The molecule has 3 aromatic rings. The van der Waals surface area contributed by atoms with Crippen LogP contribution < -0.4 is 10.6 Å². The van der Waals surface area contributed by atoms with E-state index in [0.29, 0.717) is 0 Å². The first kappa shape index (κ1) is 17.2. The van der Waals surface area contributed by atoms with Crippen molar-refractivity contribution in [2.75, 3.05) is 11.9 Å². The quantitative estimate of drug-likeness (QED) is 0.699. The molecule has 7 heteroatoms. The van der Waals surface area contributed by atoms with Gasteiger partial charge in [-0.2, -0.15) is 5.10 Å². The van der Waals surface area contributed by atoms with Gasteiger partial charge in [0.2, 0.25) is 5.91 Å². The summed E-state index contributed by atoms with van der Waals surface area (Å²) in [6.07, 6.45) is 5.08. The second-order valence-electron chi connectivity index (χ2n) is 6.54. The molecule has 2 aromatic heterocycles. The van der Waals surface area contributed by atoms with Gasteiger partial charge in [-0.3, -0.25) is 4.79 Å². The van der Waals surface area contributed by atoms with Crippen LogP contribution in [0, 0.1) is 13.8 Å². The van der Waals surface area contributed by atoms with Crippen molar-refractivity contribution in [2.24, 2.45) is 0 Å². The van der Waals surface area contributed by atoms with Gasteiger partial charge in [0.05, 0.1) is 24.1 Å². The average Bonchev–Trinajstić information content (AvgIpc) is 3.22. The second-order valence-corrected chi connectivity index (χ2v) is 6.54. The lowest BCUT2D eigenvalue weighted by Gasteiger charge is -2.17. The molecule has 0 unspecified atom stereocenters. The molecule has 138 valence electrons. The van der Waals surface area contributed by atoms with Gasteiger partial charge in [-0.15, -0.1) is 0 Å². The molecule has 1 aliphatic rings. The number of para-hydroxylation sites is 1. The fraction of sp³-hybridized carbons (Fsp3) is 0.250. The Morgan fingerprint density at radius 3 is 2.89 bits per heavy atom. The zero-order valence-corrected chi connectivity index (χ0v) is 15.4. The van der Waals surface area contributed by atoms with Crippen molar-refractivity contribution in [3.8, 4) is 5.69 Å². The van der Waals surface area contributed by atoms with Crippen LogP contribution in [0.25, 0.3) is 11.8 Å². The molecule has 1 aliphatic heterocycles. The minimum absolute atomic E-state index is 0.178. The standard InChI is InChI=1S/C20H22N6O/c1-14-17(15(2)26(24-14)16-6-4-3-5-7-16)8-9-20(27)23-19-13-22-18-12-21-10-11-25(18)19/h3-9,13,21H,10-12H2,1-2H3,(H,23,27)/b9-8+. The maximum atomic E-state index is 12.4. The molecule has 4 rings (SSSR count). The number of rotatable bonds is 4. The third-order valence-electron chi connectivity index (χ3n) is 4.73. The molecule has 7 nitrogen and oxygen atoms in total. The molecular formula is C20H22N6O. The number of aromatic nitrogens is 4. The van der Waals surface area contributed by atoms with E-state index in [4.69, 9.17) is 0 Å². The number of carbonyl (C=O) groups is 1. The summed E-state index contributed by atoms with van der Waals surface area (Å²) in [6.45, 7) is 6.36. The Balaban J connectivity index is 1.52. The van der Waals surface area contributed by atoms with Crippen LogP contribution in [0.15, 0.2) is 42.6 Å². The molecule has 0 atom stereocenters. The summed E-state index contributed by atoms with van der Waals surface area (Å²) < 4.78 is 3.93. The van der Waals surface area contributed by atoms with Crippen LogP contribution in [0.1, 0.15) is 22.8 Å². The van der Waals surface area contributed by atoms with Crippen molar-refractivity contribution < 1.29 is 4.79 Å². The minimum atomic E-state index is -0.178. The van der Waals surface area contributed by atoms with Gasteiger partial charge in [0.15, 0.2) is 0 Å². The average molecular weight is 362 g/mol. The van der Waals surface area contributed by atoms with Crippen LogP contribution in [0.5, 0.6) is 0 Å². The first-order chi connectivity index (χ1) is 13.1. The lowest BCUT2D eigenvalue weighted by atomic mass is 10.2. The number of hydrogen-bond donors (Lipinski definition) is 2. The van der Waals surface area contributed by atoms with Gasteiger partial charge in [-0.05, 0) is 32.1 Å². The van der Waals surface area contributed by atoms with Crippen molar-refractivity contribution >= 4 is 17.8 Å². The second kappa shape index (κ2) is 7.20. The number of hydrogen-bond acceptors (Lipinski definition) is 4. The predicted octanol–water partition coefficient (Wildman–Crippen LogP) is 2.44. The Bertz CT molecular complexity index is 999. The monoisotopic (exact) mass is 362 g/mol. The van der Waals surface area contributed by atoms with Crippen LogP contribution in [0.4, 0.5) is 5.82 Å². The summed E-state index contributed by atoms with van der Waals surface area (Å²) in [6, 6.07) is 9.97. The molecule has 0 aliphatic carbocycles. The number of benzene rings is 1. The Hall–Kier alpha value is -3.19. The fourth-order valence-electron chi connectivity index (χ4n) is 3.34. The van der Waals surface area contributed by atoms with Gasteiger partial charge in [-0.25, -0.2) is 9.67 Å². The third kappa shape index (κ3) is 3.41. The van der Waals surface area contributed by atoms with Gasteiger partial charge < -0.3 is 15.2 Å². The summed E-state index contributed by atoms with van der Waals surface area (Å²) in [7, 11) is 0. The third-order valence-corrected chi connectivity index (χ3v) is 4.73. The number of nitrogens with zero attached hydrogens (tertiary/aromatic N) is 4. The predicted molar refractivity (Wildman–Crippen MR) is 105 cm³/mol. The van der Waals surface area contributed by atoms with Gasteiger partial charge >= 0.3 is 0 Å². The number of imidazole rings is 1. The van der Waals surface area contributed by atoms with E-state index in [1.165, 1.54) is 0 Å².